The fraction of sp³-hybridized carbons (Fsp3) is 0.417. The SMILES string of the molecule is NC(=O)c1ccc2c(c1)C1(CC1)COC2. The highest BCUT2D eigenvalue weighted by atomic mass is 16.5. The molecule has 0 bridgehead atoms. The molecule has 1 saturated carbocycles. The van der Waals surface area contributed by atoms with Gasteiger partial charge in [0.05, 0.1) is 13.2 Å². The molecule has 1 aliphatic carbocycles. The molecule has 0 atom stereocenters. The van der Waals surface area contributed by atoms with Crippen LogP contribution < -0.4 is 5.73 Å². The number of nitrogens with two attached hydrogens (primary N) is 1. The summed E-state index contributed by atoms with van der Waals surface area (Å²) < 4.78 is 5.56. The molecule has 0 aromatic heterocycles. The average molecular weight is 203 g/mol. The van der Waals surface area contributed by atoms with E-state index in [9.17, 15) is 4.79 Å². The Kier molecular flexibility index (Phi) is 1.68. The van der Waals surface area contributed by atoms with E-state index in [0.717, 1.165) is 6.61 Å². The topological polar surface area (TPSA) is 52.3 Å². The molecule has 1 heterocycles. The molecule has 1 aromatic carbocycles. The van der Waals surface area contributed by atoms with Crippen LogP contribution in [0.15, 0.2) is 18.2 Å². The lowest BCUT2D eigenvalue weighted by Gasteiger charge is -2.25. The fourth-order valence-corrected chi connectivity index (χ4v) is 2.35. The van der Waals surface area contributed by atoms with Gasteiger partial charge in [0.2, 0.25) is 5.91 Å². The Bertz CT molecular complexity index is 435. The van der Waals surface area contributed by atoms with Crippen LogP contribution in [0.25, 0.3) is 0 Å². The van der Waals surface area contributed by atoms with Crippen molar-refractivity contribution in [3.8, 4) is 0 Å². The van der Waals surface area contributed by atoms with Crippen molar-refractivity contribution >= 4 is 5.91 Å². The lowest BCUT2D eigenvalue weighted by Crippen LogP contribution is -2.24. The van der Waals surface area contributed by atoms with Crippen molar-refractivity contribution < 1.29 is 9.53 Å². The summed E-state index contributed by atoms with van der Waals surface area (Å²) in [5, 5.41) is 0. The van der Waals surface area contributed by atoms with Crippen LogP contribution in [0.1, 0.15) is 34.3 Å². The number of benzene rings is 1. The van der Waals surface area contributed by atoms with E-state index in [0.29, 0.717) is 12.2 Å². The number of carbonyl (C=O) groups is 1. The Morgan fingerprint density at radius 1 is 1.40 bits per heavy atom. The van der Waals surface area contributed by atoms with E-state index in [2.05, 4.69) is 0 Å². The van der Waals surface area contributed by atoms with Crippen molar-refractivity contribution in [2.75, 3.05) is 6.61 Å². The number of fused-ring (bicyclic) bond motifs is 2. The summed E-state index contributed by atoms with van der Waals surface area (Å²) >= 11 is 0. The van der Waals surface area contributed by atoms with E-state index in [4.69, 9.17) is 10.5 Å². The third-order valence-corrected chi connectivity index (χ3v) is 3.46. The largest absolute Gasteiger partial charge is 0.376 e. The molecule has 1 fully saturated rings. The maximum Gasteiger partial charge on any atom is 0.248 e. The van der Waals surface area contributed by atoms with Crippen LogP contribution in [-0.4, -0.2) is 12.5 Å². The number of primary amides is 1. The molecule has 1 spiro atoms. The van der Waals surface area contributed by atoms with Gasteiger partial charge in [-0.15, -0.1) is 0 Å². The van der Waals surface area contributed by atoms with Crippen LogP contribution in [-0.2, 0) is 16.8 Å². The van der Waals surface area contributed by atoms with E-state index in [-0.39, 0.29) is 11.3 Å². The molecule has 2 N–H and O–H groups in total. The smallest absolute Gasteiger partial charge is 0.248 e. The van der Waals surface area contributed by atoms with E-state index < -0.39 is 0 Å². The van der Waals surface area contributed by atoms with Crippen molar-refractivity contribution in [1.82, 2.24) is 0 Å². The van der Waals surface area contributed by atoms with Crippen molar-refractivity contribution in [2.45, 2.75) is 24.9 Å². The number of rotatable bonds is 1. The van der Waals surface area contributed by atoms with E-state index in [1.54, 1.807) is 6.07 Å². The molecule has 0 unspecified atom stereocenters. The monoisotopic (exact) mass is 203 g/mol. The van der Waals surface area contributed by atoms with Gasteiger partial charge in [-0.3, -0.25) is 4.79 Å². The Balaban J connectivity index is 2.12. The van der Waals surface area contributed by atoms with Crippen molar-refractivity contribution in [1.29, 1.82) is 0 Å². The molecule has 15 heavy (non-hydrogen) atoms. The van der Waals surface area contributed by atoms with E-state index >= 15 is 0 Å². The zero-order valence-electron chi connectivity index (χ0n) is 8.45. The highest BCUT2D eigenvalue weighted by Crippen LogP contribution is 2.51. The second kappa shape index (κ2) is 2.83. The predicted octanol–water partition coefficient (Wildman–Crippen LogP) is 1.35. The fourth-order valence-electron chi connectivity index (χ4n) is 2.35. The Morgan fingerprint density at radius 3 is 2.87 bits per heavy atom. The van der Waals surface area contributed by atoms with Gasteiger partial charge >= 0.3 is 0 Å². The minimum absolute atomic E-state index is 0.207. The number of ether oxygens (including phenoxy) is 1. The molecule has 3 rings (SSSR count). The van der Waals surface area contributed by atoms with Gasteiger partial charge in [-0.1, -0.05) is 6.07 Å². The summed E-state index contributed by atoms with van der Waals surface area (Å²) in [6, 6.07) is 5.70. The van der Waals surface area contributed by atoms with Gasteiger partial charge in [0.15, 0.2) is 0 Å². The van der Waals surface area contributed by atoms with Crippen molar-refractivity contribution in [3.05, 3.63) is 34.9 Å². The molecule has 1 aliphatic heterocycles. The second-order valence-corrected chi connectivity index (χ2v) is 4.51. The van der Waals surface area contributed by atoms with E-state index in [1.165, 1.54) is 24.0 Å². The average Bonchev–Trinajstić information content (AvgIpc) is 2.99. The molecule has 0 radical (unpaired) electrons. The third kappa shape index (κ3) is 1.27. The molecule has 78 valence electrons. The first-order valence-corrected chi connectivity index (χ1v) is 5.22. The van der Waals surface area contributed by atoms with Crippen molar-refractivity contribution in [3.63, 3.8) is 0 Å². The van der Waals surface area contributed by atoms with Gasteiger partial charge in [-0.25, -0.2) is 0 Å². The van der Waals surface area contributed by atoms with Gasteiger partial charge in [0.25, 0.3) is 0 Å². The highest BCUT2D eigenvalue weighted by Gasteiger charge is 2.47. The molecular formula is C12H13NO2. The van der Waals surface area contributed by atoms with Gasteiger partial charge in [0.1, 0.15) is 0 Å². The number of amides is 1. The van der Waals surface area contributed by atoms with Crippen LogP contribution in [0.5, 0.6) is 0 Å². The van der Waals surface area contributed by atoms with Gasteiger partial charge in [-0.05, 0) is 36.1 Å². The standard InChI is InChI=1S/C12H13NO2/c13-11(14)8-1-2-9-6-15-7-12(3-4-12)10(9)5-8/h1-2,5H,3-4,6-7H2,(H2,13,14). The zero-order chi connectivity index (χ0) is 10.5. The minimum Gasteiger partial charge on any atom is -0.376 e. The van der Waals surface area contributed by atoms with Gasteiger partial charge < -0.3 is 10.5 Å². The predicted molar refractivity (Wildman–Crippen MR) is 55.5 cm³/mol. The van der Waals surface area contributed by atoms with E-state index in [1.807, 2.05) is 12.1 Å². The number of hydrogen-bond donors (Lipinski definition) is 1. The second-order valence-electron chi connectivity index (χ2n) is 4.51. The molecule has 3 nitrogen and oxygen atoms in total. The Morgan fingerprint density at radius 2 is 2.20 bits per heavy atom. The lowest BCUT2D eigenvalue weighted by molar-refractivity contribution is 0.0836. The molecule has 3 heteroatoms. The molecular weight excluding hydrogens is 190 g/mol. The zero-order valence-corrected chi connectivity index (χ0v) is 8.45. The maximum absolute atomic E-state index is 11.1. The third-order valence-electron chi connectivity index (χ3n) is 3.46. The summed E-state index contributed by atoms with van der Waals surface area (Å²) in [6.07, 6.45) is 2.34. The first kappa shape index (κ1) is 8.92. The minimum atomic E-state index is -0.347. The molecule has 0 saturated heterocycles. The highest BCUT2D eigenvalue weighted by molar-refractivity contribution is 5.93. The Hall–Kier alpha value is -1.35. The van der Waals surface area contributed by atoms with Crippen molar-refractivity contribution in [2.24, 2.45) is 5.73 Å². The molecule has 1 aromatic rings. The summed E-state index contributed by atoms with van der Waals surface area (Å²) in [4.78, 5) is 11.1. The summed E-state index contributed by atoms with van der Waals surface area (Å²) in [5.41, 5.74) is 8.60. The normalized spacial score (nSPS) is 21.1. The van der Waals surface area contributed by atoms with Gasteiger partial charge in [0, 0.05) is 11.0 Å². The quantitative estimate of drug-likeness (QED) is 0.749. The molecule has 1 amide bonds. The lowest BCUT2D eigenvalue weighted by atomic mass is 9.89. The van der Waals surface area contributed by atoms with Crippen LogP contribution in [0.4, 0.5) is 0 Å². The summed E-state index contributed by atoms with van der Waals surface area (Å²) in [6.45, 7) is 1.46. The number of hydrogen-bond acceptors (Lipinski definition) is 2. The van der Waals surface area contributed by atoms with Crippen LogP contribution in [0.3, 0.4) is 0 Å². The number of carbonyl (C=O) groups excluding carboxylic acids is 1. The molecule has 2 aliphatic rings. The van der Waals surface area contributed by atoms with Gasteiger partial charge in [-0.2, -0.15) is 0 Å². The maximum atomic E-state index is 11.1. The van der Waals surface area contributed by atoms with Crippen LogP contribution in [0.2, 0.25) is 0 Å². The summed E-state index contributed by atoms with van der Waals surface area (Å²) in [5.74, 6) is -0.347. The Labute approximate surface area is 88.2 Å². The first-order valence-electron chi connectivity index (χ1n) is 5.22. The first-order chi connectivity index (χ1) is 7.21. The summed E-state index contributed by atoms with van der Waals surface area (Å²) in [7, 11) is 0. The van der Waals surface area contributed by atoms with Crippen LogP contribution in [0, 0.1) is 0 Å². The van der Waals surface area contributed by atoms with Crippen LogP contribution >= 0.6 is 0 Å².